The topological polar surface area (TPSA) is 32.3 Å². The number of nitrogens with one attached hydrogen (secondary N) is 1. The summed E-state index contributed by atoms with van der Waals surface area (Å²) in [4.78, 5) is 14.9. The maximum absolute atomic E-state index is 12.8. The van der Waals surface area contributed by atoms with Crippen LogP contribution in [0.25, 0.3) is 10.1 Å². The van der Waals surface area contributed by atoms with Crippen molar-refractivity contribution in [1.29, 1.82) is 0 Å². The van der Waals surface area contributed by atoms with Gasteiger partial charge in [0.15, 0.2) is 0 Å². The smallest absolute Gasteiger partial charge is 0.255 e. The minimum atomic E-state index is 0.205. The number of fused-ring (bicyclic) bond motifs is 3. The Labute approximate surface area is 122 Å². The van der Waals surface area contributed by atoms with Gasteiger partial charge in [-0.1, -0.05) is 18.2 Å². The number of likely N-dealkylation sites (tertiary alicyclic amines) is 1. The molecular formula is C16H18N2OS. The van der Waals surface area contributed by atoms with Crippen LogP contribution in [0.5, 0.6) is 0 Å². The summed E-state index contributed by atoms with van der Waals surface area (Å²) in [5.41, 5.74) is 0.878. The molecule has 2 saturated heterocycles. The van der Waals surface area contributed by atoms with Crippen molar-refractivity contribution in [3.63, 3.8) is 0 Å². The predicted molar refractivity (Wildman–Crippen MR) is 82.3 cm³/mol. The summed E-state index contributed by atoms with van der Waals surface area (Å²) in [7, 11) is 0. The fraction of sp³-hybridized carbons (Fsp3) is 0.438. The molecular weight excluding hydrogens is 268 g/mol. The Bertz CT molecular complexity index is 651. The van der Waals surface area contributed by atoms with E-state index in [2.05, 4.69) is 17.4 Å². The van der Waals surface area contributed by atoms with Crippen molar-refractivity contribution in [3.05, 3.63) is 35.2 Å². The first kappa shape index (κ1) is 12.4. The fourth-order valence-corrected chi connectivity index (χ4v) is 4.38. The standard InChI is InChI=1S/C16H18N2OS/c19-16(14-10-20-15-4-2-1-3-13(14)15)18-8-7-11-5-6-12(9-18)17-11/h1-4,10-12,17H,5-9H2. The van der Waals surface area contributed by atoms with E-state index in [-0.39, 0.29) is 5.91 Å². The zero-order valence-corrected chi connectivity index (χ0v) is 12.2. The van der Waals surface area contributed by atoms with E-state index in [4.69, 9.17) is 0 Å². The van der Waals surface area contributed by atoms with Crippen molar-refractivity contribution in [2.45, 2.75) is 31.3 Å². The van der Waals surface area contributed by atoms with E-state index >= 15 is 0 Å². The molecule has 0 saturated carbocycles. The monoisotopic (exact) mass is 286 g/mol. The highest BCUT2D eigenvalue weighted by Gasteiger charge is 2.31. The van der Waals surface area contributed by atoms with Crippen molar-refractivity contribution < 1.29 is 4.79 Å². The molecule has 1 aromatic heterocycles. The number of amides is 1. The van der Waals surface area contributed by atoms with Crippen molar-refractivity contribution in [3.8, 4) is 0 Å². The molecule has 2 aliphatic rings. The highest BCUT2D eigenvalue weighted by Crippen LogP contribution is 2.28. The number of nitrogens with zero attached hydrogens (tertiary/aromatic N) is 1. The van der Waals surface area contributed by atoms with E-state index < -0.39 is 0 Å². The lowest BCUT2D eigenvalue weighted by atomic mass is 10.1. The highest BCUT2D eigenvalue weighted by atomic mass is 32.1. The second-order valence-electron chi connectivity index (χ2n) is 5.82. The Morgan fingerprint density at radius 1 is 1.20 bits per heavy atom. The average Bonchev–Trinajstić information content (AvgIpc) is 3.01. The van der Waals surface area contributed by atoms with Gasteiger partial charge < -0.3 is 10.2 Å². The van der Waals surface area contributed by atoms with E-state index in [0.29, 0.717) is 12.1 Å². The van der Waals surface area contributed by atoms with Crippen LogP contribution < -0.4 is 5.32 Å². The molecule has 3 nitrogen and oxygen atoms in total. The lowest BCUT2D eigenvalue weighted by Crippen LogP contribution is -2.38. The van der Waals surface area contributed by atoms with Crippen molar-refractivity contribution in [1.82, 2.24) is 10.2 Å². The van der Waals surface area contributed by atoms with Gasteiger partial charge in [-0.25, -0.2) is 0 Å². The summed E-state index contributed by atoms with van der Waals surface area (Å²) >= 11 is 1.66. The molecule has 0 aliphatic carbocycles. The summed E-state index contributed by atoms with van der Waals surface area (Å²) in [6.07, 6.45) is 3.57. The Morgan fingerprint density at radius 3 is 3.00 bits per heavy atom. The summed E-state index contributed by atoms with van der Waals surface area (Å²) in [5, 5.41) is 6.75. The third-order valence-electron chi connectivity index (χ3n) is 4.52. The van der Waals surface area contributed by atoms with Gasteiger partial charge in [-0.05, 0) is 25.3 Å². The SMILES string of the molecule is O=C(c1csc2ccccc12)N1CCC2CCC(C1)N2. The van der Waals surface area contributed by atoms with Crippen LogP contribution in [0.3, 0.4) is 0 Å². The number of carbonyl (C=O) groups excluding carboxylic acids is 1. The van der Waals surface area contributed by atoms with Gasteiger partial charge in [0.25, 0.3) is 5.91 Å². The summed E-state index contributed by atoms with van der Waals surface area (Å²) < 4.78 is 1.20. The Morgan fingerprint density at radius 2 is 2.05 bits per heavy atom. The molecule has 104 valence electrons. The van der Waals surface area contributed by atoms with Gasteiger partial charge in [0, 0.05) is 40.6 Å². The van der Waals surface area contributed by atoms with Gasteiger partial charge in [-0.15, -0.1) is 11.3 Å². The number of rotatable bonds is 1. The lowest BCUT2D eigenvalue weighted by molar-refractivity contribution is 0.0750. The second kappa shape index (κ2) is 4.86. The zero-order chi connectivity index (χ0) is 13.5. The normalized spacial score (nSPS) is 25.9. The first-order chi connectivity index (χ1) is 9.81. The van der Waals surface area contributed by atoms with Crippen LogP contribution in [0.15, 0.2) is 29.6 Å². The highest BCUT2D eigenvalue weighted by molar-refractivity contribution is 7.17. The predicted octanol–water partition coefficient (Wildman–Crippen LogP) is 2.87. The Kier molecular flexibility index (Phi) is 3.00. The van der Waals surface area contributed by atoms with Crippen LogP contribution in [0, 0.1) is 0 Å². The maximum Gasteiger partial charge on any atom is 0.255 e. The van der Waals surface area contributed by atoms with Crippen molar-refractivity contribution >= 4 is 27.3 Å². The minimum Gasteiger partial charge on any atom is -0.337 e. The Balaban J connectivity index is 1.63. The average molecular weight is 286 g/mol. The first-order valence-corrected chi connectivity index (χ1v) is 8.21. The molecule has 0 spiro atoms. The van der Waals surface area contributed by atoms with E-state index in [1.807, 2.05) is 22.4 Å². The molecule has 2 atom stereocenters. The molecule has 0 radical (unpaired) electrons. The lowest BCUT2D eigenvalue weighted by Gasteiger charge is -2.24. The number of hydrogen-bond acceptors (Lipinski definition) is 3. The van der Waals surface area contributed by atoms with Gasteiger partial charge in [0.1, 0.15) is 0 Å². The minimum absolute atomic E-state index is 0.205. The molecule has 2 unspecified atom stereocenters. The maximum atomic E-state index is 12.8. The largest absolute Gasteiger partial charge is 0.337 e. The third-order valence-corrected chi connectivity index (χ3v) is 5.49. The van der Waals surface area contributed by atoms with Crippen LogP contribution in [0.2, 0.25) is 0 Å². The summed E-state index contributed by atoms with van der Waals surface area (Å²) in [6.45, 7) is 1.75. The number of hydrogen-bond donors (Lipinski definition) is 1. The molecule has 2 fully saturated rings. The number of benzene rings is 1. The van der Waals surface area contributed by atoms with Gasteiger partial charge in [0.05, 0.1) is 5.56 Å². The molecule has 2 aliphatic heterocycles. The summed E-state index contributed by atoms with van der Waals surface area (Å²) in [6, 6.07) is 9.30. The van der Waals surface area contributed by atoms with Crippen LogP contribution in [0.4, 0.5) is 0 Å². The molecule has 2 bridgehead atoms. The van der Waals surface area contributed by atoms with Gasteiger partial charge in [-0.3, -0.25) is 4.79 Å². The molecule has 1 aromatic carbocycles. The van der Waals surface area contributed by atoms with E-state index in [0.717, 1.165) is 30.5 Å². The quantitative estimate of drug-likeness (QED) is 0.874. The zero-order valence-electron chi connectivity index (χ0n) is 11.3. The van der Waals surface area contributed by atoms with Gasteiger partial charge in [-0.2, -0.15) is 0 Å². The van der Waals surface area contributed by atoms with E-state index in [1.165, 1.54) is 17.5 Å². The fourth-order valence-electron chi connectivity index (χ4n) is 3.44. The molecule has 2 aromatic rings. The molecule has 3 heterocycles. The molecule has 4 rings (SSSR count). The van der Waals surface area contributed by atoms with Crippen molar-refractivity contribution in [2.24, 2.45) is 0 Å². The van der Waals surface area contributed by atoms with Gasteiger partial charge in [0.2, 0.25) is 0 Å². The molecule has 20 heavy (non-hydrogen) atoms. The van der Waals surface area contributed by atoms with Crippen LogP contribution in [-0.4, -0.2) is 36.0 Å². The number of thiophene rings is 1. The number of carbonyl (C=O) groups is 1. The van der Waals surface area contributed by atoms with E-state index in [1.54, 1.807) is 11.3 Å². The van der Waals surface area contributed by atoms with Gasteiger partial charge >= 0.3 is 0 Å². The second-order valence-corrected chi connectivity index (χ2v) is 6.73. The van der Waals surface area contributed by atoms with Crippen LogP contribution >= 0.6 is 11.3 Å². The van der Waals surface area contributed by atoms with E-state index in [9.17, 15) is 4.79 Å². The molecule has 1 amide bonds. The third kappa shape index (κ3) is 2.03. The van der Waals surface area contributed by atoms with Crippen LogP contribution in [-0.2, 0) is 0 Å². The van der Waals surface area contributed by atoms with Crippen molar-refractivity contribution in [2.75, 3.05) is 13.1 Å². The molecule has 4 heteroatoms. The Hall–Kier alpha value is -1.39. The molecule has 1 N–H and O–H groups in total. The first-order valence-electron chi connectivity index (χ1n) is 7.33. The summed E-state index contributed by atoms with van der Waals surface area (Å²) in [5.74, 6) is 0.205. The van der Waals surface area contributed by atoms with Crippen LogP contribution in [0.1, 0.15) is 29.6 Å².